The number of hydrogen-bond donors (Lipinski definition) is 0. The highest BCUT2D eigenvalue weighted by molar-refractivity contribution is 8.76. The van der Waals surface area contributed by atoms with Crippen molar-refractivity contribution in [2.24, 2.45) is 0 Å². The van der Waals surface area contributed by atoms with E-state index in [-0.39, 0.29) is 10.5 Å². The smallest absolute Gasteiger partial charge is 0.0385 e. The molecule has 0 saturated carbocycles. The van der Waals surface area contributed by atoms with Crippen molar-refractivity contribution < 1.29 is 0 Å². The zero-order valence-corrected chi connectivity index (χ0v) is 37.8. The standard InChI is InChI=1S/C58H54S2/c1-37-21-9-15-27-47(37)45-33-53(49-29-17-11-23-39(49)3)57(54(34-45)50-30-18-12-24-40(50)4)43(7)59-60-44(8)58-55(51-31-19-13-25-41(51)5)35-46(48-28-16-10-22-38(48)2)36-56(58)52-32-20-14-26-42(52)6/h9-36,43-44H,1-8H3/t43-,44-/m1/s1. The maximum absolute atomic E-state index is 2.46. The average Bonchev–Trinajstić information content (AvgIpc) is 3.25. The summed E-state index contributed by atoms with van der Waals surface area (Å²) in [5.41, 5.74) is 25.9. The van der Waals surface area contributed by atoms with E-state index in [1.807, 2.05) is 21.6 Å². The molecule has 0 saturated heterocycles. The Morgan fingerprint density at radius 2 is 0.467 bits per heavy atom. The first kappa shape index (κ1) is 41.2. The van der Waals surface area contributed by atoms with E-state index in [1.165, 1.54) is 111 Å². The summed E-state index contributed by atoms with van der Waals surface area (Å²) in [6, 6.07) is 63.1. The van der Waals surface area contributed by atoms with Crippen LogP contribution < -0.4 is 0 Å². The Balaban J connectivity index is 1.30. The topological polar surface area (TPSA) is 0 Å². The maximum atomic E-state index is 2.46. The van der Waals surface area contributed by atoms with Crippen LogP contribution >= 0.6 is 21.6 Å². The molecule has 0 aliphatic carbocycles. The molecule has 0 fully saturated rings. The Bertz CT molecular complexity index is 2500. The lowest BCUT2D eigenvalue weighted by Gasteiger charge is -2.27. The fraction of sp³-hybridized carbons (Fsp3) is 0.172. The first-order chi connectivity index (χ1) is 29.1. The molecule has 298 valence electrons. The van der Waals surface area contributed by atoms with Gasteiger partial charge in [0.05, 0.1) is 0 Å². The third kappa shape index (κ3) is 8.29. The molecule has 8 aromatic rings. The molecule has 0 radical (unpaired) electrons. The van der Waals surface area contributed by atoms with Crippen LogP contribution in [-0.2, 0) is 0 Å². The van der Waals surface area contributed by atoms with E-state index in [4.69, 9.17) is 0 Å². The summed E-state index contributed by atoms with van der Waals surface area (Å²) >= 11 is 0. The molecule has 0 heterocycles. The van der Waals surface area contributed by atoms with Gasteiger partial charge in [-0.05, 0) is 191 Å². The van der Waals surface area contributed by atoms with Gasteiger partial charge in [0.1, 0.15) is 0 Å². The Kier molecular flexibility index (Phi) is 12.3. The predicted molar refractivity (Wildman–Crippen MR) is 266 cm³/mol. The van der Waals surface area contributed by atoms with Gasteiger partial charge in [-0.1, -0.05) is 167 Å². The molecule has 0 nitrogen and oxygen atoms in total. The van der Waals surface area contributed by atoms with Crippen LogP contribution in [0.1, 0.15) is 68.9 Å². The van der Waals surface area contributed by atoms with Gasteiger partial charge in [0.25, 0.3) is 0 Å². The van der Waals surface area contributed by atoms with Gasteiger partial charge in [-0.2, -0.15) is 0 Å². The first-order valence-electron chi connectivity index (χ1n) is 21.1. The van der Waals surface area contributed by atoms with E-state index in [9.17, 15) is 0 Å². The summed E-state index contributed by atoms with van der Waals surface area (Å²) in [5, 5.41) is 0.338. The summed E-state index contributed by atoms with van der Waals surface area (Å²) in [5.74, 6) is 0. The highest BCUT2D eigenvalue weighted by Crippen LogP contribution is 2.55. The molecular weight excluding hydrogens is 761 g/mol. The summed E-state index contributed by atoms with van der Waals surface area (Å²) < 4.78 is 0. The fourth-order valence-electron chi connectivity index (χ4n) is 8.94. The van der Waals surface area contributed by atoms with E-state index in [2.05, 4.69) is 225 Å². The van der Waals surface area contributed by atoms with Crippen LogP contribution in [0.15, 0.2) is 170 Å². The van der Waals surface area contributed by atoms with Crippen molar-refractivity contribution in [1.82, 2.24) is 0 Å². The molecule has 0 unspecified atom stereocenters. The fourth-order valence-corrected chi connectivity index (χ4v) is 11.6. The van der Waals surface area contributed by atoms with Crippen LogP contribution in [0.25, 0.3) is 66.8 Å². The number of benzene rings is 8. The van der Waals surface area contributed by atoms with Crippen molar-refractivity contribution in [3.05, 3.63) is 214 Å². The summed E-state index contributed by atoms with van der Waals surface area (Å²) in [6.45, 7) is 18.3. The van der Waals surface area contributed by atoms with Gasteiger partial charge in [-0.3, -0.25) is 0 Å². The van der Waals surface area contributed by atoms with Gasteiger partial charge in [-0.15, -0.1) is 0 Å². The van der Waals surface area contributed by atoms with Crippen molar-refractivity contribution in [3.8, 4) is 66.8 Å². The molecule has 0 bridgehead atoms. The monoisotopic (exact) mass is 814 g/mol. The summed E-state index contributed by atoms with van der Waals surface area (Å²) in [7, 11) is 4.01. The van der Waals surface area contributed by atoms with E-state index < -0.39 is 0 Å². The third-order valence-corrected chi connectivity index (χ3v) is 15.4. The van der Waals surface area contributed by atoms with Gasteiger partial charge in [0.2, 0.25) is 0 Å². The molecule has 8 aromatic carbocycles. The SMILES string of the molecule is Cc1ccccc1-c1cc(-c2ccccc2C)c([C@@H](C)SS[C@H](C)c2c(-c3ccccc3C)cc(-c3ccccc3C)cc2-c2ccccc2C)c(-c2ccccc2C)c1. The van der Waals surface area contributed by atoms with E-state index in [0.29, 0.717) is 0 Å². The normalized spacial score (nSPS) is 12.3. The van der Waals surface area contributed by atoms with Gasteiger partial charge in [0.15, 0.2) is 0 Å². The molecule has 0 aromatic heterocycles. The summed E-state index contributed by atoms with van der Waals surface area (Å²) in [4.78, 5) is 0. The zero-order valence-electron chi connectivity index (χ0n) is 36.1. The lowest BCUT2D eigenvalue weighted by molar-refractivity contribution is 1.10. The molecule has 0 amide bonds. The Morgan fingerprint density at radius 3 is 0.683 bits per heavy atom. The molecule has 8 rings (SSSR count). The van der Waals surface area contributed by atoms with Crippen LogP contribution in [0.4, 0.5) is 0 Å². The van der Waals surface area contributed by atoms with Crippen LogP contribution in [0.2, 0.25) is 0 Å². The number of hydrogen-bond acceptors (Lipinski definition) is 2. The lowest BCUT2D eigenvalue weighted by Crippen LogP contribution is -2.02. The summed E-state index contributed by atoms with van der Waals surface area (Å²) in [6.07, 6.45) is 0. The van der Waals surface area contributed by atoms with Gasteiger partial charge in [0, 0.05) is 10.5 Å². The highest BCUT2D eigenvalue weighted by atomic mass is 33.1. The van der Waals surface area contributed by atoms with Crippen molar-refractivity contribution in [1.29, 1.82) is 0 Å². The molecule has 0 N–H and O–H groups in total. The molecule has 0 spiro atoms. The molecule has 0 aliphatic heterocycles. The van der Waals surface area contributed by atoms with Crippen LogP contribution in [0.5, 0.6) is 0 Å². The second kappa shape index (κ2) is 18.0. The minimum atomic E-state index is 0.169. The van der Waals surface area contributed by atoms with Crippen molar-refractivity contribution in [3.63, 3.8) is 0 Å². The zero-order chi connectivity index (χ0) is 41.9. The lowest BCUT2D eigenvalue weighted by atomic mass is 9.84. The van der Waals surface area contributed by atoms with Crippen LogP contribution in [0, 0.1) is 41.5 Å². The predicted octanol–water partition coefficient (Wildman–Crippen LogP) is 17.7. The average molecular weight is 815 g/mol. The second-order valence-electron chi connectivity index (χ2n) is 16.3. The minimum Gasteiger partial charge on any atom is -0.0855 e. The Labute approximate surface area is 366 Å². The maximum Gasteiger partial charge on any atom is 0.0385 e. The Morgan fingerprint density at radius 1 is 0.267 bits per heavy atom. The number of aryl methyl sites for hydroxylation is 6. The second-order valence-corrected chi connectivity index (χ2v) is 19.3. The quantitative estimate of drug-likeness (QED) is 0.119. The molecule has 2 atom stereocenters. The van der Waals surface area contributed by atoms with Gasteiger partial charge < -0.3 is 0 Å². The first-order valence-corrected chi connectivity index (χ1v) is 23.4. The van der Waals surface area contributed by atoms with Crippen molar-refractivity contribution in [2.45, 2.75) is 65.9 Å². The minimum absolute atomic E-state index is 0.169. The molecular formula is C58H54S2. The Hall–Kier alpha value is -5.54. The molecule has 60 heavy (non-hydrogen) atoms. The van der Waals surface area contributed by atoms with Gasteiger partial charge in [-0.25, -0.2) is 0 Å². The van der Waals surface area contributed by atoms with Gasteiger partial charge >= 0.3 is 0 Å². The van der Waals surface area contributed by atoms with E-state index in [0.717, 1.165) is 0 Å². The van der Waals surface area contributed by atoms with Crippen LogP contribution in [0.3, 0.4) is 0 Å². The van der Waals surface area contributed by atoms with E-state index in [1.54, 1.807) is 0 Å². The van der Waals surface area contributed by atoms with Crippen LogP contribution in [-0.4, -0.2) is 0 Å². The molecule has 2 heteroatoms. The van der Waals surface area contributed by atoms with E-state index >= 15 is 0 Å². The number of rotatable bonds is 11. The highest BCUT2D eigenvalue weighted by Gasteiger charge is 2.26. The third-order valence-electron chi connectivity index (χ3n) is 12.2. The van der Waals surface area contributed by atoms with Crippen molar-refractivity contribution >= 4 is 21.6 Å². The largest absolute Gasteiger partial charge is 0.0855 e. The van der Waals surface area contributed by atoms with Crippen molar-refractivity contribution in [2.75, 3.05) is 0 Å². The molecule has 0 aliphatic rings.